The molecule has 1 unspecified atom stereocenters. The quantitative estimate of drug-likeness (QED) is 0.400. The number of ether oxygens (including phenoxy) is 1. The number of hydrogen-bond donors (Lipinski definition) is 2. The Bertz CT molecular complexity index is 368. The van der Waals surface area contributed by atoms with Crippen molar-refractivity contribution in [3.63, 3.8) is 0 Å². The minimum Gasteiger partial charge on any atom is -0.480 e. The molecule has 134 valence electrons. The molecule has 0 aromatic carbocycles. The zero-order valence-corrected chi connectivity index (χ0v) is 14.6. The van der Waals surface area contributed by atoms with Gasteiger partial charge in [0.05, 0.1) is 7.11 Å². The zero-order valence-electron chi connectivity index (χ0n) is 14.6. The number of aliphatic carboxylic acids is 1. The molecule has 0 fully saturated rings. The molecule has 2 N–H and O–H groups in total. The zero-order chi connectivity index (χ0) is 17.7. The van der Waals surface area contributed by atoms with Crippen LogP contribution in [0.5, 0.6) is 0 Å². The lowest BCUT2D eigenvalue weighted by atomic mass is 10.0. The van der Waals surface area contributed by atoms with Crippen LogP contribution in [0.15, 0.2) is 0 Å². The van der Waals surface area contributed by atoms with E-state index in [1.54, 1.807) is 0 Å². The third-order valence-corrected chi connectivity index (χ3v) is 3.60. The van der Waals surface area contributed by atoms with Crippen LogP contribution in [0.3, 0.4) is 0 Å². The first-order valence-electron chi connectivity index (χ1n) is 8.45. The van der Waals surface area contributed by atoms with Crippen LogP contribution in [-0.2, 0) is 19.1 Å². The minimum atomic E-state index is -0.974. The molecule has 0 heterocycles. The van der Waals surface area contributed by atoms with Crippen LogP contribution >= 0.6 is 0 Å². The molecule has 23 heavy (non-hydrogen) atoms. The molecular weight excluding hydrogens is 298 g/mol. The highest BCUT2D eigenvalue weighted by Gasteiger charge is 2.20. The van der Waals surface area contributed by atoms with E-state index in [1.807, 2.05) is 13.8 Å². The summed E-state index contributed by atoms with van der Waals surface area (Å²) in [7, 11) is 1.39. The second kappa shape index (κ2) is 12.9. The lowest BCUT2D eigenvalue weighted by molar-refractivity contribution is -0.142. The summed E-state index contributed by atoms with van der Waals surface area (Å²) < 4.78 is 4.57. The van der Waals surface area contributed by atoms with Crippen LogP contribution in [0.4, 0.5) is 0 Å². The fourth-order valence-electron chi connectivity index (χ4n) is 2.32. The van der Waals surface area contributed by atoms with Crippen LogP contribution in [0.2, 0.25) is 0 Å². The molecule has 0 rings (SSSR count). The maximum Gasteiger partial charge on any atom is 0.326 e. The van der Waals surface area contributed by atoms with Gasteiger partial charge in [-0.15, -0.1) is 0 Å². The number of rotatable bonds is 13. The van der Waals surface area contributed by atoms with Crippen molar-refractivity contribution in [3.8, 4) is 0 Å². The lowest BCUT2D eigenvalue weighted by Gasteiger charge is -2.16. The molecule has 0 bridgehead atoms. The van der Waals surface area contributed by atoms with Crippen molar-refractivity contribution in [1.29, 1.82) is 0 Å². The normalized spacial score (nSPS) is 12.0. The summed E-state index contributed by atoms with van der Waals surface area (Å²) in [5, 5.41) is 11.7. The Kier molecular flexibility index (Phi) is 12.0. The molecule has 0 aliphatic rings. The molecule has 0 aliphatic carbocycles. The van der Waals surface area contributed by atoms with Crippen molar-refractivity contribution in [2.45, 2.75) is 77.7 Å². The van der Waals surface area contributed by atoms with Gasteiger partial charge in [0.1, 0.15) is 6.04 Å². The first-order valence-corrected chi connectivity index (χ1v) is 8.45. The third-order valence-electron chi connectivity index (χ3n) is 3.60. The number of nitrogens with one attached hydrogen (secondary N) is 1. The van der Waals surface area contributed by atoms with Crippen molar-refractivity contribution < 1.29 is 24.2 Å². The van der Waals surface area contributed by atoms with Gasteiger partial charge >= 0.3 is 11.9 Å². The first kappa shape index (κ1) is 21.4. The van der Waals surface area contributed by atoms with Gasteiger partial charge in [-0.05, 0) is 25.2 Å². The monoisotopic (exact) mass is 329 g/mol. The minimum absolute atomic E-state index is 0.170. The van der Waals surface area contributed by atoms with Gasteiger partial charge in [-0.2, -0.15) is 0 Å². The number of amides is 1. The molecule has 0 spiro atoms. The van der Waals surface area contributed by atoms with Gasteiger partial charge in [0.15, 0.2) is 0 Å². The Hall–Kier alpha value is -1.59. The molecule has 0 aromatic rings. The van der Waals surface area contributed by atoms with E-state index in [9.17, 15) is 14.4 Å². The predicted octanol–water partition coefficient (Wildman–Crippen LogP) is 2.90. The van der Waals surface area contributed by atoms with Crippen molar-refractivity contribution in [2.75, 3.05) is 7.11 Å². The van der Waals surface area contributed by atoms with Crippen molar-refractivity contribution in [3.05, 3.63) is 0 Å². The molecule has 6 heteroatoms. The van der Waals surface area contributed by atoms with Crippen molar-refractivity contribution in [1.82, 2.24) is 5.32 Å². The Labute approximate surface area is 139 Å². The van der Waals surface area contributed by atoms with Gasteiger partial charge in [-0.1, -0.05) is 39.5 Å². The fourth-order valence-corrected chi connectivity index (χ4v) is 2.32. The number of unbranched alkanes of at least 4 members (excludes halogenated alkanes) is 5. The lowest BCUT2D eigenvalue weighted by Crippen LogP contribution is -2.41. The fraction of sp³-hybridized carbons (Fsp3) is 0.824. The molecule has 0 saturated heterocycles. The van der Waals surface area contributed by atoms with E-state index < -0.39 is 12.0 Å². The van der Waals surface area contributed by atoms with E-state index in [0.29, 0.717) is 19.3 Å². The SMILES string of the molecule is COC(=O)CCCCCCCCC(=O)NC(CC(C)C)C(=O)O. The van der Waals surface area contributed by atoms with Crippen LogP contribution in [0.1, 0.15) is 71.6 Å². The van der Waals surface area contributed by atoms with Gasteiger partial charge in [-0.3, -0.25) is 9.59 Å². The van der Waals surface area contributed by atoms with Crippen LogP contribution < -0.4 is 5.32 Å². The summed E-state index contributed by atoms with van der Waals surface area (Å²) in [6.07, 6.45) is 6.84. The number of hydrogen-bond acceptors (Lipinski definition) is 4. The summed E-state index contributed by atoms with van der Waals surface area (Å²) in [5.74, 6) is -1.11. The second-order valence-electron chi connectivity index (χ2n) is 6.29. The van der Waals surface area contributed by atoms with E-state index >= 15 is 0 Å². The van der Waals surface area contributed by atoms with Crippen molar-refractivity contribution in [2.24, 2.45) is 5.92 Å². The number of methoxy groups -OCH3 is 1. The molecule has 6 nitrogen and oxygen atoms in total. The number of esters is 1. The highest BCUT2D eigenvalue weighted by atomic mass is 16.5. The van der Waals surface area contributed by atoms with Crippen LogP contribution in [0, 0.1) is 5.92 Å². The van der Waals surface area contributed by atoms with Gasteiger partial charge in [0.2, 0.25) is 5.91 Å². The summed E-state index contributed by atoms with van der Waals surface area (Å²) in [6, 6.07) is -0.791. The Morgan fingerprint density at radius 2 is 1.48 bits per heavy atom. The number of carbonyl (C=O) groups is 3. The van der Waals surface area contributed by atoms with E-state index in [2.05, 4.69) is 10.1 Å². The van der Waals surface area contributed by atoms with Gasteiger partial charge < -0.3 is 15.2 Å². The predicted molar refractivity (Wildman–Crippen MR) is 88.0 cm³/mol. The molecule has 0 aromatic heterocycles. The summed E-state index contributed by atoms with van der Waals surface area (Å²) in [5.41, 5.74) is 0. The number of carboxylic acid groups (broad SMARTS) is 1. The molecule has 1 atom stereocenters. The van der Waals surface area contributed by atoms with Gasteiger partial charge in [0, 0.05) is 12.8 Å². The number of carbonyl (C=O) groups excluding carboxylic acids is 2. The Balaban J connectivity index is 3.66. The van der Waals surface area contributed by atoms with Crippen LogP contribution in [0.25, 0.3) is 0 Å². The van der Waals surface area contributed by atoms with E-state index in [0.717, 1.165) is 38.5 Å². The smallest absolute Gasteiger partial charge is 0.326 e. The van der Waals surface area contributed by atoms with Gasteiger partial charge in [0.25, 0.3) is 0 Å². The average Bonchev–Trinajstić information content (AvgIpc) is 2.48. The van der Waals surface area contributed by atoms with Crippen molar-refractivity contribution >= 4 is 17.8 Å². The molecule has 1 amide bonds. The Morgan fingerprint density at radius 1 is 0.957 bits per heavy atom. The second-order valence-corrected chi connectivity index (χ2v) is 6.29. The largest absolute Gasteiger partial charge is 0.480 e. The van der Waals surface area contributed by atoms with E-state index in [1.165, 1.54) is 7.11 Å². The molecule has 0 radical (unpaired) electrons. The Morgan fingerprint density at radius 3 is 1.96 bits per heavy atom. The van der Waals surface area contributed by atoms with E-state index in [4.69, 9.17) is 5.11 Å². The van der Waals surface area contributed by atoms with Crippen LogP contribution in [-0.4, -0.2) is 36.1 Å². The average molecular weight is 329 g/mol. The topological polar surface area (TPSA) is 92.7 Å². The molecular formula is C17H31NO5. The highest BCUT2D eigenvalue weighted by molar-refractivity contribution is 5.83. The number of carboxylic acids is 1. The maximum atomic E-state index is 11.8. The van der Waals surface area contributed by atoms with E-state index in [-0.39, 0.29) is 17.8 Å². The van der Waals surface area contributed by atoms with Gasteiger partial charge in [-0.25, -0.2) is 4.79 Å². The maximum absolute atomic E-state index is 11.8. The standard InChI is InChI=1S/C17H31NO5/c1-13(2)12-14(17(21)22)18-15(19)10-8-6-4-5-7-9-11-16(20)23-3/h13-14H,4-12H2,1-3H3,(H,18,19)(H,21,22). The third kappa shape index (κ3) is 12.6. The molecule has 0 saturated carbocycles. The summed E-state index contributed by atoms with van der Waals surface area (Å²) in [4.78, 5) is 33.7. The summed E-state index contributed by atoms with van der Waals surface area (Å²) >= 11 is 0. The first-order chi connectivity index (χ1) is 10.9. The summed E-state index contributed by atoms with van der Waals surface area (Å²) in [6.45, 7) is 3.87. The highest BCUT2D eigenvalue weighted by Crippen LogP contribution is 2.10. The molecule has 0 aliphatic heterocycles.